The fraction of sp³-hybridized carbons (Fsp3) is 0.733. The van der Waals surface area contributed by atoms with E-state index in [0.717, 1.165) is 32.1 Å². The highest BCUT2D eigenvalue weighted by atomic mass is 16.5. The molecule has 0 bridgehead atoms. The number of amides is 2. The lowest BCUT2D eigenvalue weighted by molar-refractivity contribution is -0.145. The predicted molar refractivity (Wildman–Crippen MR) is 80.2 cm³/mol. The van der Waals surface area contributed by atoms with Crippen LogP contribution in [0.4, 0.5) is 4.79 Å². The van der Waals surface area contributed by atoms with Crippen molar-refractivity contribution in [1.29, 1.82) is 0 Å². The first-order valence-corrected chi connectivity index (χ1v) is 7.59. The Labute approximate surface area is 125 Å². The second-order valence-corrected chi connectivity index (χ2v) is 5.37. The maximum atomic E-state index is 11.9. The predicted octanol–water partition coefficient (Wildman–Crippen LogP) is 2.06. The SMILES string of the molecule is C=CCCOCCNC(=O)NC1(C(=O)O)CCCCCC1. The van der Waals surface area contributed by atoms with Crippen LogP contribution in [0.15, 0.2) is 12.7 Å². The van der Waals surface area contributed by atoms with Gasteiger partial charge in [-0.15, -0.1) is 6.58 Å². The van der Waals surface area contributed by atoms with Gasteiger partial charge >= 0.3 is 12.0 Å². The summed E-state index contributed by atoms with van der Waals surface area (Å²) in [4.78, 5) is 23.4. The molecule has 0 aromatic heterocycles. The number of aliphatic carboxylic acids is 1. The van der Waals surface area contributed by atoms with Crippen molar-refractivity contribution >= 4 is 12.0 Å². The Morgan fingerprint density at radius 2 is 1.86 bits per heavy atom. The zero-order valence-electron chi connectivity index (χ0n) is 12.5. The van der Waals surface area contributed by atoms with E-state index in [1.54, 1.807) is 6.08 Å². The quantitative estimate of drug-likeness (QED) is 0.363. The molecule has 21 heavy (non-hydrogen) atoms. The van der Waals surface area contributed by atoms with Gasteiger partial charge < -0.3 is 20.5 Å². The Balaban J connectivity index is 2.35. The molecule has 1 aliphatic carbocycles. The molecule has 0 spiro atoms. The summed E-state index contributed by atoms with van der Waals surface area (Å²) < 4.78 is 5.28. The van der Waals surface area contributed by atoms with Gasteiger partial charge in [0, 0.05) is 6.54 Å². The highest BCUT2D eigenvalue weighted by Crippen LogP contribution is 2.27. The maximum absolute atomic E-state index is 11.9. The van der Waals surface area contributed by atoms with Gasteiger partial charge in [0.25, 0.3) is 0 Å². The number of hydrogen-bond acceptors (Lipinski definition) is 3. The first kappa shape index (κ1) is 17.5. The van der Waals surface area contributed by atoms with Crippen LogP contribution in [0, 0.1) is 0 Å². The number of urea groups is 1. The van der Waals surface area contributed by atoms with Gasteiger partial charge in [-0.05, 0) is 19.3 Å². The number of carbonyl (C=O) groups is 2. The van der Waals surface area contributed by atoms with Crippen molar-refractivity contribution in [1.82, 2.24) is 10.6 Å². The number of nitrogens with one attached hydrogen (secondary N) is 2. The lowest BCUT2D eigenvalue weighted by Crippen LogP contribution is -2.57. The third-order valence-electron chi connectivity index (χ3n) is 3.72. The monoisotopic (exact) mass is 298 g/mol. The largest absolute Gasteiger partial charge is 0.480 e. The zero-order chi connectivity index (χ0) is 15.6. The van der Waals surface area contributed by atoms with E-state index in [9.17, 15) is 14.7 Å². The number of carboxylic acid groups (broad SMARTS) is 1. The van der Waals surface area contributed by atoms with Gasteiger partial charge in [-0.3, -0.25) is 0 Å². The van der Waals surface area contributed by atoms with Crippen LogP contribution in [0.25, 0.3) is 0 Å². The van der Waals surface area contributed by atoms with E-state index in [2.05, 4.69) is 17.2 Å². The van der Waals surface area contributed by atoms with Crippen LogP contribution in [0.5, 0.6) is 0 Å². The molecule has 6 heteroatoms. The van der Waals surface area contributed by atoms with Crippen molar-refractivity contribution in [3.05, 3.63) is 12.7 Å². The highest BCUT2D eigenvalue weighted by Gasteiger charge is 2.39. The molecule has 0 aliphatic heterocycles. The Hall–Kier alpha value is -1.56. The number of carboxylic acids is 1. The summed E-state index contributed by atoms with van der Waals surface area (Å²) in [5.41, 5.74) is -1.12. The third kappa shape index (κ3) is 6.16. The molecule has 3 N–H and O–H groups in total. The Morgan fingerprint density at radius 3 is 2.43 bits per heavy atom. The smallest absolute Gasteiger partial charge is 0.329 e. The summed E-state index contributed by atoms with van der Waals surface area (Å²) in [6, 6.07) is -0.438. The third-order valence-corrected chi connectivity index (χ3v) is 3.72. The maximum Gasteiger partial charge on any atom is 0.329 e. The minimum Gasteiger partial charge on any atom is -0.480 e. The van der Waals surface area contributed by atoms with Crippen molar-refractivity contribution in [2.45, 2.75) is 50.5 Å². The van der Waals surface area contributed by atoms with Crippen LogP contribution in [0.3, 0.4) is 0 Å². The Bertz CT molecular complexity index is 350. The van der Waals surface area contributed by atoms with Gasteiger partial charge in [0.1, 0.15) is 5.54 Å². The molecule has 1 fully saturated rings. The molecule has 0 radical (unpaired) electrons. The van der Waals surface area contributed by atoms with Crippen molar-refractivity contribution in [2.75, 3.05) is 19.8 Å². The van der Waals surface area contributed by atoms with Gasteiger partial charge in [-0.25, -0.2) is 9.59 Å². The molecular formula is C15H26N2O4. The van der Waals surface area contributed by atoms with E-state index in [1.807, 2.05) is 0 Å². The normalized spacial score (nSPS) is 17.5. The number of carbonyl (C=O) groups excluding carboxylic acids is 1. The van der Waals surface area contributed by atoms with E-state index < -0.39 is 17.5 Å². The summed E-state index contributed by atoms with van der Waals surface area (Å²) in [7, 11) is 0. The average Bonchev–Trinajstić information content (AvgIpc) is 2.69. The number of hydrogen-bond donors (Lipinski definition) is 3. The van der Waals surface area contributed by atoms with E-state index in [1.165, 1.54) is 0 Å². The molecule has 0 atom stereocenters. The Kier molecular flexibility index (Phi) is 7.82. The number of ether oxygens (including phenoxy) is 1. The van der Waals surface area contributed by atoms with Crippen LogP contribution in [-0.2, 0) is 9.53 Å². The minimum atomic E-state index is -1.12. The van der Waals surface area contributed by atoms with Crippen molar-refractivity contribution in [3.8, 4) is 0 Å². The standard InChI is InChI=1S/C15H26N2O4/c1-2-3-11-21-12-10-16-14(20)17-15(13(18)19)8-6-4-5-7-9-15/h2H,1,3-12H2,(H,18,19)(H2,16,17,20). The molecule has 0 heterocycles. The van der Waals surface area contributed by atoms with Gasteiger partial charge in [-0.1, -0.05) is 31.8 Å². The van der Waals surface area contributed by atoms with Gasteiger partial charge in [0.2, 0.25) is 0 Å². The van der Waals surface area contributed by atoms with E-state index in [4.69, 9.17) is 4.74 Å². The molecule has 0 aromatic rings. The first-order chi connectivity index (χ1) is 10.1. The van der Waals surface area contributed by atoms with Gasteiger partial charge in [-0.2, -0.15) is 0 Å². The van der Waals surface area contributed by atoms with Crippen LogP contribution in [0.2, 0.25) is 0 Å². The molecule has 6 nitrogen and oxygen atoms in total. The van der Waals surface area contributed by atoms with Crippen LogP contribution < -0.4 is 10.6 Å². The van der Waals surface area contributed by atoms with Crippen molar-refractivity contribution < 1.29 is 19.4 Å². The topological polar surface area (TPSA) is 87.7 Å². The fourth-order valence-electron chi connectivity index (χ4n) is 2.49. The van der Waals surface area contributed by atoms with Crippen LogP contribution in [0.1, 0.15) is 44.9 Å². The molecule has 120 valence electrons. The Morgan fingerprint density at radius 1 is 1.19 bits per heavy atom. The van der Waals surface area contributed by atoms with Crippen LogP contribution >= 0.6 is 0 Å². The van der Waals surface area contributed by atoms with E-state index in [0.29, 0.717) is 32.6 Å². The molecular weight excluding hydrogens is 272 g/mol. The molecule has 1 aliphatic rings. The molecule has 0 saturated heterocycles. The first-order valence-electron chi connectivity index (χ1n) is 7.59. The lowest BCUT2D eigenvalue weighted by Gasteiger charge is -2.29. The van der Waals surface area contributed by atoms with Crippen molar-refractivity contribution in [2.24, 2.45) is 0 Å². The molecule has 0 unspecified atom stereocenters. The van der Waals surface area contributed by atoms with E-state index in [-0.39, 0.29) is 0 Å². The average molecular weight is 298 g/mol. The fourth-order valence-corrected chi connectivity index (χ4v) is 2.49. The number of rotatable bonds is 8. The second kappa shape index (κ2) is 9.39. The molecule has 2 amide bonds. The highest BCUT2D eigenvalue weighted by molar-refractivity contribution is 5.86. The molecule has 0 aromatic carbocycles. The molecule has 1 rings (SSSR count). The molecule has 1 saturated carbocycles. The van der Waals surface area contributed by atoms with Gasteiger partial charge in [0.05, 0.1) is 13.2 Å². The second-order valence-electron chi connectivity index (χ2n) is 5.37. The summed E-state index contributed by atoms with van der Waals surface area (Å²) in [5.74, 6) is -0.943. The zero-order valence-corrected chi connectivity index (χ0v) is 12.5. The summed E-state index contributed by atoms with van der Waals surface area (Å²) >= 11 is 0. The van der Waals surface area contributed by atoms with Crippen molar-refractivity contribution in [3.63, 3.8) is 0 Å². The van der Waals surface area contributed by atoms with Crippen LogP contribution in [-0.4, -0.2) is 42.4 Å². The van der Waals surface area contributed by atoms with Gasteiger partial charge in [0.15, 0.2) is 0 Å². The lowest BCUT2D eigenvalue weighted by atomic mass is 9.90. The summed E-state index contributed by atoms with van der Waals surface area (Å²) in [6.45, 7) is 4.93. The summed E-state index contributed by atoms with van der Waals surface area (Å²) in [6.07, 6.45) is 7.23. The summed E-state index contributed by atoms with van der Waals surface area (Å²) in [5, 5.41) is 14.8. The minimum absolute atomic E-state index is 0.360. The van der Waals surface area contributed by atoms with E-state index >= 15 is 0 Å².